The van der Waals surface area contributed by atoms with Crippen molar-refractivity contribution >= 4 is 17.5 Å². The summed E-state index contributed by atoms with van der Waals surface area (Å²) in [6, 6.07) is 3.17. The van der Waals surface area contributed by atoms with Crippen LogP contribution in [0, 0.1) is 11.8 Å². The summed E-state index contributed by atoms with van der Waals surface area (Å²) in [5, 5.41) is 55.0. The molecule has 6 atom stereocenters. The van der Waals surface area contributed by atoms with Crippen LogP contribution in [0.15, 0.2) is 40.9 Å². The molecule has 1 aromatic rings. The number of phenols is 1. The van der Waals surface area contributed by atoms with Crippen molar-refractivity contribution in [3.63, 3.8) is 0 Å². The molecule has 0 heterocycles. The quantitative estimate of drug-likeness (QED) is 0.332. The van der Waals surface area contributed by atoms with E-state index >= 15 is 0 Å². The molecule has 0 fully saturated rings. The van der Waals surface area contributed by atoms with Gasteiger partial charge in [-0.15, -0.1) is 0 Å². The number of aliphatic hydroxyl groups excluding tert-OH is 3. The van der Waals surface area contributed by atoms with Crippen molar-refractivity contribution in [3.8, 4) is 5.75 Å². The fourth-order valence-corrected chi connectivity index (χ4v) is 5.58. The average Bonchev–Trinajstić information content (AvgIpc) is 2.70. The molecule has 7 N–H and O–H groups in total. The van der Waals surface area contributed by atoms with E-state index in [1.165, 1.54) is 25.1 Å². The summed E-state index contributed by atoms with van der Waals surface area (Å²) in [7, 11) is 2.98. The number of phenolic OH excluding ortho intramolecular Hbond substituents is 1. The molecule has 3 aliphatic carbocycles. The number of carbonyl (C=O) groups is 3. The zero-order valence-corrected chi connectivity index (χ0v) is 17.6. The van der Waals surface area contributed by atoms with E-state index in [0.717, 1.165) is 0 Å². The van der Waals surface area contributed by atoms with Gasteiger partial charge in [-0.2, -0.15) is 0 Å². The summed E-state index contributed by atoms with van der Waals surface area (Å²) >= 11 is 0. The predicted octanol–water partition coefficient (Wildman–Crippen LogP) is -0.348. The van der Waals surface area contributed by atoms with Crippen LogP contribution in [0.4, 0.5) is 0 Å². The Balaban J connectivity index is 2.06. The standard InChI is InChI=1S/C22H24N2O8/c1-7-8-5-4-6-9(25)11(8)16(26)12-10(7)17(27)14-15(24(2)3)18(28)13(21(23)31)20(30)22(14,32)19(12)29/h4-7,10,14-15,17,25,27-29,32H,1-3H3,(H2,23,31)/t7-,10?,14?,15-,17-,22-/m0/s1. The van der Waals surface area contributed by atoms with Gasteiger partial charge in [0.05, 0.1) is 23.6 Å². The molecule has 3 aliphatic rings. The Morgan fingerprint density at radius 3 is 2.34 bits per heavy atom. The number of likely N-dealkylation sites (N-methyl/N-ethyl adjacent to an activating group) is 1. The number of benzene rings is 1. The Labute approximate surface area is 182 Å². The van der Waals surface area contributed by atoms with Gasteiger partial charge in [0, 0.05) is 11.5 Å². The maximum atomic E-state index is 13.3. The maximum Gasteiger partial charge on any atom is 0.255 e. The average molecular weight is 444 g/mol. The normalized spacial score (nSPS) is 34.4. The van der Waals surface area contributed by atoms with Crippen molar-refractivity contribution in [2.75, 3.05) is 14.1 Å². The first kappa shape index (κ1) is 22.0. The fourth-order valence-electron chi connectivity index (χ4n) is 5.58. The Morgan fingerprint density at radius 1 is 1.16 bits per heavy atom. The third kappa shape index (κ3) is 2.48. The molecule has 170 valence electrons. The van der Waals surface area contributed by atoms with Crippen LogP contribution in [0.2, 0.25) is 0 Å². The fraction of sp³-hybridized carbons (Fsp3) is 0.409. The van der Waals surface area contributed by atoms with Gasteiger partial charge in [0.15, 0.2) is 11.4 Å². The molecule has 1 aromatic carbocycles. The summed E-state index contributed by atoms with van der Waals surface area (Å²) in [5.74, 6) is -8.86. The number of Topliss-reactive ketones (excluding diaryl/α,β-unsaturated/α-hetero) is 2. The van der Waals surface area contributed by atoms with E-state index in [0.29, 0.717) is 5.56 Å². The van der Waals surface area contributed by atoms with Crippen LogP contribution in [0.3, 0.4) is 0 Å². The topological polar surface area (TPSA) is 182 Å². The zero-order chi connectivity index (χ0) is 23.9. The van der Waals surface area contributed by atoms with Crippen molar-refractivity contribution in [1.29, 1.82) is 0 Å². The molecule has 1 amide bonds. The number of hydrogen-bond donors (Lipinski definition) is 6. The Morgan fingerprint density at radius 2 is 1.78 bits per heavy atom. The first-order chi connectivity index (χ1) is 14.9. The number of hydrogen-bond acceptors (Lipinski definition) is 9. The van der Waals surface area contributed by atoms with E-state index in [9.17, 15) is 39.9 Å². The second-order valence-electron chi connectivity index (χ2n) is 8.79. The molecule has 0 aliphatic heterocycles. The smallest absolute Gasteiger partial charge is 0.255 e. The van der Waals surface area contributed by atoms with Crippen LogP contribution in [-0.4, -0.2) is 79.7 Å². The van der Waals surface area contributed by atoms with Crippen molar-refractivity contribution in [2.45, 2.75) is 30.6 Å². The second-order valence-corrected chi connectivity index (χ2v) is 8.79. The lowest BCUT2D eigenvalue weighted by molar-refractivity contribution is -0.162. The number of nitrogens with zero attached hydrogens (tertiary/aromatic N) is 1. The summed E-state index contributed by atoms with van der Waals surface area (Å²) in [4.78, 5) is 39.8. The van der Waals surface area contributed by atoms with Gasteiger partial charge in [0.25, 0.3) is 5.91 Å². The molecular formula is C22H24N2O8. The van der Waals surface area contributed by atoms with Gasteiger partial charge in [0.2, 0.25) is 5.78 Å². The minimum atomic E-state index is -2.89. The lowest BCUT2D eigenvalue weighted by Gasteiger charge is -2.53. The van der Waals surface area contributed by atoms with Crippen LogP contribution in [0.25, 0.3) is 0 Å². The van der Waals surface area contributed by atoms with Gasteiger partial charge in [-0.25, -0.2) is 0 Å². The molecule has 0 spiro atoms. The van der Waals surface area contributed by atoms with Gasteiger partial charge in [0.1, 0.15) is 22.8 Å². The molecule has 0 aromatic heterocycles. The van der Waals surface area contributed by atoms with Gasteiger partial charge in [-0.3, -0.25) is 19.3 Å². The predicted molar refractivity (Wildman–Crippen MR) is 110 cm³/mol. The molecular weight excluding hydrogens is 420 g/mol. The van der Waals surface area contributed by atoms with Crippen LogP contribution in [0.5, 0.6) is 5.75 Å². The van der Waals surface area contributed by atoms with E-state index in [1.807, 2.05) is 0 Å². The summed E-state index contributed by atoms with van der Waals surface area (Å²) in [6.45, 7) is 1.68. The van der Waals surface area contributed by atoms with E-state index in [4.69, 9.17) is 5.73 Å². The molecule has 0 radical (unpaired) electrons. The Hall–Kier alpha value is -3.21. The van der Waals surface area contributed by atoms with Gasteiger partial charge in [-0.1, -0.05) is 19.1 Å². The highest BCUT2D eigenvalue weighted by Crippen LogP contribution is 2.55. The molecule has 0 saturated carbocycles. The number of aliphatic hydroxyl groups is 4. The molecule has 10 nitrogen and oxygen atoms in total. The minimum absolute atomic E-state index is 0.104. The third-order valence-electron chi connectivity index (χ3n) is 7.00. The first-order valence-corrected chi connectivity index (χ1v) is 10.0. The third-order valence-corrected chi connectivity index (χ3v) is 7.00. The highest BCUT2D eigenvalue weighted by atomic mass is 16.4. The number of amides is 1. The van der Waals surface area contributed by atoms with Crippen molar-refractivity contribution < 1.29 is 39.9 Å². The summed E-state index contributed by atoms with van der Waals surface area (Å²) in [6.07, 6.45) is -1.59. The number of aromatic hydroxyl groups is 1. The first-order valence-electron chi connectivity index (χ1n) is 10.0. The molecule has 0 saturated heterocycles. The van der Waals surface area contributed by atoms with E-state index in [2.05, 4.69) is 0 Å². The van der Waals surface area contributed by atoms with E-state index < -0.39 is 75.6 Å². The van der Waals surface area contributed by atoms with Crippen molar-refractivity contribution in [3.05, 3.63) is 52.0 Å². The highest BCUT2D eigenvalue weighted by molar-refractivity contribution is 6.25. The van der Waals surface area contributed by atoms with Crippen molar-refractivity contribution in [2.24, 2.45) is 17.6 Å². The second kappa shape index (κ2) is 6.89. The number of carbonyl (C=O) groups excluding carboxylic acids is 3. The van der Waals surface area contributed by atoms with Crippen molar-refractivity contribution in [1.82, 2.24) is 4.90 Å². The molecule has 4 rings (SSSR count). The number of ketones is 2. The van der Waals surface area contributed by atoms with Crippen LogP contribution >= 0.6 is 0 Å². The van der Waals surface area contributed by atoms with Gasteiger partial charge < -0.3 is 31.3 Å². The van der Waals surface area contributed by atoms with Gasteiger partial charge in [-0.05, 0) is 31.6 Å². The minimum Gasteiger partial charge on any atom is -0.510 e. The lowest BCUT2D eigenvalue weighted by atomic mass is 9.55. The zero-order valence-electron chi connectivity index (χ0n) is 17.6. The van der Waals surface area contributed by atoms with Crippen LogP contribution in [-0.2, 0) is 9.59 Å². The largest absolute Gasteiger partial charge is 0.510 e. The van der Waals surface area contributed by atoms with Crippen LogP contribution in [0.1, 0.15) is 28.8 Å². The van der Waals surface area contributed by atoms with E-state index in [-0.39, 0.29) is 11.3 Å². The number of nitrogens with two attached hydrogens (primary N) is 1. The SMILES string of the molecule is C[C@H]1c2cccc(O)c2C(=O)C2=C(O)[C@]3(O)C(=O)C(C(N)=O)=C(O)[C@@H](N(C)C)C3[C@@H](O)C21. The van der Waals surface area contributed by atoms with E-state index in [1.54, 1.807) is 19.1 Å². The lowest BCUT2D eigenvalue weighted by Crippen LogP contribution is -2.68. The highest BCUT2D eigenvalue weighted by Gasteiger charge is 2.67. The molecule has 2 unspecified atom stereocenters. The molecule has 0 bridgehead atoms. The Bertz CT molecular complexity index is 1140. The maximum absolute atomic E-state index is 13.3. The summed E-state index contributed by atoms with van der Waals surface area (Å²) < 4.78 is 0. The Kier molecular flexibility index (Phi) is 4.74. The number of fused-ring (bicyclic) bond motifs is 3. The molecule has 10 heteroatoms. The monoisotopic (exact) mass is 444 g/mol. The van der Waals surface area contributed by atoms with Gasteiger partial charge >= 0.3 is 0 Å². The molecule has 32 heavy (non-hydrogen) atoms. The number of primary amides is 1. The number of rotatable bonds is 2. The van der Waals surface area contributed by atoms with Crippen LogP contribution < -0.4 is 5.73 Å². The summed E-state index contributed by atoms with van der Waals surface area (Å²) in [5.41, 5.74) is 1.36.